The molecule has 3 saturated heterocycles. The Kier molecular flexibility index (Phi) is 5.26. The predicted molar refractivity (Wildman–Crippen MR) is 101 cm³/mol. The molecule has 1 aromatic rings. The number of rotatable bonds is 6. The molecule has 3 aliphatic heterocycles. The number of hydrogen-bond donors (Lipinski definition) is 0. The van der Waals surface area contributed by atoms with Gasteiger partial charge in [-0.15, -0.1) is 0 Å². The van der Waals surface area contributed by atoms with Crippen molar-refractivity contribution < 1.29 is 42.7 Å². The van der Waals surface area contributed by atoms with E-state index in [-0.39, 0.29) is 13.0 Å². The Labute approximate surface area is 174 Å². The number of ether oxygens (including phenoxy) is 7. The monoisotopic (exact) mass is 422 g/mol. The molecule has 4 rings (SSSR count). The summed E-state index contributed by atoms with van der Waals surface area (Å²) < 4.78 is 39.3. The van der Waals surface area contributed by atoms with Crippen LogP contribution in [-0.2, 0) is 39.7 Å². The van der Waals surface area contributed by atoms with Crippen LogP contribution in [-0.4, -0.2) is 68.6 Å². The summed E-state index contributed by atoms with van der Waals surface area (Å²) in [5, 5.41) is 0. The van der Waals surface area contributed by atoms with Gasteiger partial charge >= 0.3 is 5.97 Å². The van der Waals surface area contributed by atoms with Gasteiger partial charge in [0.1, 0.15) is 12.2 Å². The van der Waals surface area contributed by atoms with Crippen molar-refractivity contribution in [1.82, 2.24) is 0 Å². The molecule has 3 heterocycles. The molecule has 0 radical (unpaired) electrons. The molecule has 0 saturated carbocycles. The molecule has 9 nitrogen and oxygen atoms in total. The van der Waals surface area contributed by atoms with Crippen molar-refractivity contribution in [3.05, 3.63) is 23.8 Å². The fourth-order valence-electron chi connectivity index (χ4n) is 4.21. The summed E-state index contributed by atoms with van der Waals surface area (Å²) in [5.74, 6) is -1.11. The van der Waals surface area contributed by atoms with Crippen molar-refractivity contribution in [3.63, 3.8) is 0 Å². The van der Waals surface area contributed by atoms with E-state index in [9.17, 15) is 9.59 Å². The van der Waals surface area contributed by atoms with Gasteiger partial charge in [-0.25, -0.2) is 4.79 Å². The third-order valence-corrected chi connectivity index (χ3v) is 5.49. The second kappa shape index (κ2) is 7.49. The Bertz CT molecular complexity index is 851. The number of carbonyl (C=O) groups is 2. The van der Waals surface area contributed by atoms with E-state index in [2.05, 4.69) is 0 Å². The van der Waals surface area contributed by atoms with Crippen LogP contribution >= 0.6 is 0 Å². The van der Waals surface area contributed by atoms with Crippen LogP contribution in [0.1, 0.15) is 26.3 Å². The van der Waals surface area contributed by atoms with Gasteiger partial charge in [-0.2, -0.15) is 0 Å². The number of esters is 1. The number of benzene rings is 1. The van der Waals surface area contributed by atoms with Crippen molar-refractivity contribution in [1.29, 1.82) is 0 Å². The van der Waals surface area contributed by atoms with Crippen LogP contribution in [0.3, 0.4) is 0 Å². The zero-order chi connectivity index (χ0) is 21.7. The van der Waals surface area contributed by atoms with Gasteiger partial charge in [0.25, 0.3) is 0 Å². The molecule has 0 N–H and O–H groups in total. The molecule has 0 spiro atoms. The quantitative estimate of drug-likeness (QED) is 0.497. The van der Waals surface area contributed by atoms with E-state index in [1.165, 1.54) is 14.2 Å². The number of fused-ring (bicyclic) bond motifs is 3. The number of carbonyl (C=O) groups excluding carboxylic acids is 2. The molecule has 0 aliphatic carbocycles. The van der Waals surface area contributed by atoms with Gasteiger partial charge in [0.2, 0.25) is 11.4 Å². The Morgan fingerprint density at radius 3 is 2.47 bits per heavy atom. The summed E-state index contributed by atoms with van der Waals surface area (Å²) in [5.41, 5.74) is -1.19. The molecular weight excluding hydrogens is 396 g/mol. The standard InChI is InChI=1S/C21H26O9/c1-6-26-19(23)21(10-11-7-8-12(24-4)13(9-11)25-5)17(22)15-14(29-21)16-18(27-15)30-20(2,3)28-16/h7-9,14-16,18H,6,10H2,1-5H3/t14-,15-,16+,18+,21+/m0/s1. The summed E-state index contributed by atoms with van der Waals surface area (Å²) in [6.45, 7) is 5.29. The molecule has 3 fully saturated rings. The lowest BCUT2D eigenvalue weighted by Crippen LogP contribution is -2.50. The molecule has 0 amide bonds. The molecule has 0 unspecified atom stereocenters. The van der Waals surface area contributed by atoms with Gasteiger partial charge in [-0.1, -0.05) is 6.07 Å². The highest BCUT2D eigenvalue weighted by Crippen LogP contribution is 2.46. The molecule has 5 atom stereocenters. The van der Waals surface area contributed by atoms with Crippen LogP contribution in [0.5, 0.6) is 11.5 Å². The normalized spacial score (nSPS) is 33.8. The van der Waals surface area contributed by atoms with Crippen LogP contribution < -0.4 is 9.47 Å². The maximum atomic E-state index is 13.4. The van der Waals surface area contributed by atoms with E-state index in [0.29, 0.717) is 17.1 Å². The van der Waals surface area contributed by atoms with Crippen LogP contribution in [0.4, 0.5) is 0 Å². The maximum Gasteiger partial charge on any atom is 0.346 e. The van der Waals surface area contributed by atoms with Crippen molar-refractivity contribution in [2.45, 2.75) is 63.2 Å². The van der Waals surface area contributed by atoms with Crippen LogP contribution in [0.15, 0.2) is 18.2 Å². The zero-order valence-electron chi connectivity index (χ0n) is 17.6. The first-order valence-electron chi connectivity index (χ1n) is 9.86. The number of hydrogen-bond acceptors (Lipinski definition) is 9. The molecule has 3 aliphatic rings. The molecular formula is C21H26O9. The summed E-state index contributed by atoms with van der Waals surface area (Å²) in [6, 6.07) is 5.15. The summed E-state index contributed by atoms with van der Waals surface area (Å²) >= 11 is 0. The van der Waals surface area contributed by atoms with Crippen molar-refractivity contribution >= 4 is 11.8 Å². The lowest BCUT2D eigenvalue weighted by molar-refractivity contribution is -0.210. The SMILES string of the molecule is CCOC(=O)[C@]1(Cc2ccc(OC)c(OC)c2)O[C@@H]2[C@H]3OC(C)(C)O[C@H]3O[C@@H]2C1=O. The minimum atomic E-state index is -1.84. The third-order valence-electron chi connectivity index (χ3n) is 5.49. The lowest BCUT2D eigenvalue weighted by Gasteiger charge is -2.27. The molecule has 164 valence electrons. The van der Waals surface area contributed by atoms with Crippen molar-refractivity contribution in [2.24, 2.45) is 0 Å². The highest BCUT2D eigenvalue weighted by atomic mass is 16.8. The van der Waals surface area contributed by atoms with Crippen molar-refractivity contribution in [3.8, 4) is 11.5 Å². The van der Waals surface area contributed by atoms with E-state index in [4.69, 9.17) is 33.2 Å². The fourth-order valence-corrected chi connectivity index (χ4v) is 4.21. The smallest absolute Gasteiger partial charge is 0.346 e. The van der Waals surface area contributed by atoms with Crippen LogP contribution in [0, 0.1) is 0 Å². The van der Waals surface area contributed by atoms with E-state index < -0.39 is 47.7 Å². The molecule has 30 heavy (non-hydrogen) atoms. The first-order valence-corrected chi connectivity index (χ1v) is 9.86. The first kappa shape index (κ1) is 21.0. The van der Waals surface area contributed by atoms with Gasteiger partial charge in [0, 0.05) is 6.42 Å². The average molecular weight is 422 g/mol. The molecule has 0 bridgehead atoms. The van der Waals surface area contributed by atoms with E-state index in [1.807, 2.05) is 0 Å². The van der Waals surface area contributed by atoms with E-state index in [1.54, 1.807) is 39.0 Å². The minimum Gasteiger partial charge on any atom is -0.493 e. The third kappa shape index (κ3) is 3.26. The Morgan fingerprint density at radius 2 is 1.80 bits per heavy atom. The van der Waals surface area contributed by atoms with Gasteiger partial charge in [-0.3, -0.25) is 4.79 Å². The van der Waals surface area contributed by atoms with Gasteiger partial charge < -0.3 is 33.2 Å². The molecule has 9 heteroatoms. The Morgan fingerprint density at radius 1 is 1.07 bits per heavy atom. The zero-order valence-corrected chi connectivity index (χ0v) is 17.6. The second-order valence-corrected chi connectivity index (χ2v) is 7.89. The highest BCUT2D eigenvalue weighted by molar-refractivity contribution is 6.11. The number of Topliss-reactive ketones (excluding diaryl/α,β-unsaturated/α-hetero) is 1. The molecule has 1 aromatic carbocycles. The topological polar surface area (TPSA) is 98.8 Å². The number of methoxy groups -OCH3 is 2. The Hall–Kier alpha value is -2.20. The Balaban J connectivity index is 1.66. The predicted octanol–water partition coefficient (Wildman–Crippen LogP) is 1.39. The first-order chi connectivity index (χ1) is 14.2. The maximum absolute atomic E-state index is 13.4. The summed E-state index contributed by atoms with van der Waals surface area (Å²) in [6.07, 6.45) is -3.12. The van der Waals surface area contributed by atoms with Gasteiger partial charge in [0.05, 0.1) is 20.8 Å². The van der Waals surface area contributed by atoms with Gasteiger partial charge in [-0.05, 0) is 38.5 Å². The second-order valence-electron chi connectivity index (χ2n) is 7.89. The number of ketones is 1. The van der Waals surface area contributed by atoms with Crippen molar-refractivity contribution in [2.75, 3.05) is 20.8 Å². The largest absolute Gasteiger partial charge is 0.493 e. The van der Waals surface area contributed by atoms with Crippen LogP contribution in [0.2, 0.25) is 0 Å². The van der Waals surface area contributed by atoms with Crippen LogP contribution in [0.25, 0.3) is 0 Å². The average Bonchev–Trinajstić information content (AvgIpc) is 3.28. The van der Waals surface area contributed by atoms with E-state index in [0.717, 1.165) is 0 Å². The van der Waals surface area contributed by atoms with Gasteiger partial charge in [0.15, 0.2) is 29.7 Å². The lowest BCUT2D eigenvalue weighted by atomic mass is 9.89. The summed E-state index contributed by atoms with van der Waals surface area (Å²) in [4.78, 5) is 26.3. The molecule has 0 aromatic heterocycles. The minimum absolute atomic E-state index is 0.0387. The fraction of sp³-hybridized carbons (Fsp3) is 0.619. The summed E-state index contributed by atoms with van der Waals surface area (Å²) in [7, 11) is 3.04. The van der Waals surface area contributed by atoms with E-state index >= 15 is 0 Å². The highest BCUT2D eigenvalue weighted by Gasteiger charge is 2.69.